The highest BCUT2D eigenvalue weighted by Gasteiger charge is 2.34. The lowest BCUT2D eigenvalue weighted by Gasteiger charge is -2.13. The zero-order valence-corrected chi connectivity index (χ0v) is 6.39. The summed E-state index contributed by atoms with van der Waals surface area (Å²) in [4.78, 5) is 0. The lowest BCUT2D eigenvalue weighted by Crippen LogP contribution is -2.25. The maximum atomic E-state index is 7.32. The zero-order valence-electron chi connectivity index (χ0n) is 6.39. The van der Waals surface area contributed by atoms with Crippen LogP contribution in [0.3, 0.4) is 0 Å². The quantitative estimate of drug-likeness (QED) is 0.473. The van der Waals surface area contributed by atoms with Gasteiger partial charge in [0, 0.05) is 7.11 Å². The van der Waals surface area contributed by atoms with Crippen LogP contribution < -0.4 is 0 Å². The second-order valence-corrected chi connectivity index (χ2v) is 2.56. The fourth-order valence-electron chi connectivity index (χ4n) is 1.03. The van der Waals surface area contributed by atoms with Crippen LogP contribution in [0.15, 0.2) is 0 Å². The molecule has 3 heteroatoms. The highest BCUT2D eigenvalue weighted by atomic mass is 16.5. The van der Waals surface area contributed by atoms with Gasteiger partial charge in [0.25, 0.3) is 0 Å². The van der Waals surface area contributed by atoms with Crippen LogP contribution in [0.25, 0.3) is 0 Å². The van der Waals surface area contributed by atoms with E-state index in [1.165, 1.54) is 20.0 Å². The van der Waals surface area contributed by atoms with Gasteiger partial charge in [-0.25, -0.2) is 0 Å². The number of hydrogen-bond acceptors (Lipinski definition) is 3. The number of hydrogen-bond donors (Lipinski definition) is 1. The fraction of sp³-hybridized carbons (Fsp3) is 0.857. The summed E-state index contributed by atoms with van der Waals surface area (Å²) < 4.78 is 9.84. The van der Waals surface area contributed by atoms with E-state index in [4.69, 9.17) is 14.9 Å². The van der Waals surface area contributed by atoms with Crippen molar-refractivity contribution < 1.29 is 9.47 Å². The maximum Gasteiger partial charge on any atom is 0.210 e. The van der Waals surface area contributed by atoms with Gasteiger partial charge in [-0.1, -0.05) is 0 Å². The summed E-state index contributed by atoms with van der Waals surface area (Å²) in [7, 11) is 3.13. The van der Waals surface area contributed by atoms with Crippen LogP contribution in [0.5, 0.6) is 0 Å². The smallest absolute Gasteiger partial charge is 0.210 e. The van der Waals surface area contributed by atoms with E-state index in [0.717, 1.165) is 0 Å². The lowest BCUT2D eigenvalue weighted by atomic mass is 10.2. The van der Waals surface area contributed by atoms with Crippen LogP contribution in [0.4, 0.5) is 0 Å². The van der Waals surface area contributed by atoms with Gasteiger partial charge >= 0.3 is 0 Å². The number of rotatable bonds is 3. The van der Waals surface area contributed by atoms with E-state index in [2.05, 4.69) is 0 Å². The average molecular weight is 143 g/mol. The van der Waals surface area contributed by atoms with E-state index in [1.807, 2.05) is 0 Å². The van der Waals surface area contributed by atoms with Crippen LogP contribution >= 0.6 is 0 Å². The predicted molar refractivity (Wildman–Crippen MR) is 38.3 cm³/mol. The molecule has 1 atom stereocenters. The van der Waals surface area contributed by atoms with E-state index in [0.29, 0.717) is 5.92 Å². The summed E-state index contributed by atoms with van der Waals surface area (Å²) in [5, 5.41) is 7.32. The van der Waals surface area contributed by atoms with Crippen molar-refractivity contribution in [1.29, 1.82) is 5.41 Å². The molecule has 0 amide bonds. The molecule has 0 bridgehead atoms. The molecule has 0 aliphatic heterocycles. The summed E-state index contributed by atoms with van der Waals surface area (Å²) in [6.07, 6.45) is 2.25. The van der Waals surface area contributed by atoms with E-state index in [-0.39, 0.29) is 12.0 Å². The standard InChI is InChI=1S/C7H13NO2/c1-9-6(5-3-4-5)7(8)10-2/h5-6,8H,3-4H2,1-2H3. The number of methoxy groups -OCH3 is 2. The predicted octanol–water partition coefficient (Wildman–Crippen LogP) is 1.04. The van der Waals surface area contributed by atoms with E-state index in [1.54, 1.807) is 7.11 Å². The van der Waals surface area contributed by atoms with E-state index in [9.17, 15) is 0 Å². The summed E-state index contributed by atoms with van der Waals surface area (Å²) in [5.74, 6) is 0.794. The van der Waals surface area contributed by atoms with Gasteiger partial charge in [0.15, 0.2) is 0 Å². The first-order valence-electron chi connectivity index (χ1n) is 3.44. The van der Waals surface area contributed by atoms with Gasteiger partial charge in [-0.15, -0.1) is 0 Å². The third kappa shape index (κ3) is 1.48. The van der Waals surface area contributed by atoms with Gasteiger partial charge in [0.1, 0.15) is 6.10 Å². The van der Waals surface area contributed by atoms with Gasteiger partial charge in [-0.05, 0) is 18.8 Å². The van der Waals surface area contributed by atoms with E-state index < -0.39 is 0 Å². The van der Waals surface area contributed by atoms with Crippen molar-refractivity contribution >= 4 is 5.90 Å². The molecule has 1 N–H and O–H groups in total. The molecule has 1 aliphatic rings. The molecule has 0 spiro atoms. The highest BCUT2D eigenvalue weighted by Crippen LogP contribution is 2.34. The molecule has 1 aliphatic carbocycles. The third-order valence-electron chi connectivity index (χ3n) is 1.78. The van der Waals surface area contributed by atoms with Crippen LogP contribution in [0, 0.1) is 11.3 Å². The first-order chi connectivity index (χ1) is 4.79. The molecule has 0 radical (unpaired) electrons. The van der Waals surface area contributed by atoms with Crippen molar-refractivity contribution in [1.82, 2.24) is 0 Å². The van der Waals surface area contributed by atoms with Gasteiger partial charge in [-0.2, -0.15) is 0 Å². The minimum atomic E-state index is -0.0926. The van der Waals surface area contributed by atoms with Gasteiger partial charge in [-0.3, -0.25) is 5.41 Å². The average Bonchev–Trinajstić information content (AvgIpc) is 2.73. The molecule has 0 aromatic rings. The summed E-state index contributed by atoms with van der Waals surface area (Å²) in [6, 6.07) is 0. The van der Waals surface area contributed by atoms with Crippen molar-refractivity contribution in [2.45, 2.75) is 18.9 Å². The molecule has 0 saturated heterocycles. The Morgan fingerprint density at radius 2 is 2.10 bits per heavy atom. The molecule has 0 aromatic carbocycles. The van der Waals surface area contributed by atoms with Crippen molar-refractivity contribution in [2.24, 2.45) is 5.92 Å². The Morgan fingerprint density at radius 3 is 2.40 bits per heavy atom. The minimum Gasteiger partial charge on any atom is -0.483 e. The van der Waals surface area contributed by atoms with Gasteiger partial charge < -0.3 is 9.47 Å². The summed E-state index contributed by atoms with van der Waals surface area (Å²) >= 11 is 0. The summed E-state index contributed by atoms with van der Waals surface area (Å²) in [6.45, 7) is 0. The molecule has 1 fully saturated rings. The van der Waals surface area contributed by atoms with E-state index >= 15 is 0 Å². The first-order valence-corrected chi connectivity index (χ1v) is 3.44. The first kappa shape index (κ1) is 7.54. The Kier molecular flexibility index (Phi) is 2.27. The van der Waals surface area contributed by atoms with Gasteiger partial charge in [0.05, 0.1) is 7.11 Å². The number of ether oxygens (including phenoxy) is 2. The van der Waals surface area contributed by atoms with Crippen LogP contribution in [-0.4, -0.2) is 26.2 Å². The molecule has 1 saturated carbocycles. The molecule has 3 nitrogen and oxygen atoms in total. The van der Waals surface area contributed by atoms with Crippen LogP contribution in [0.1, 0.15) is 12.8 Å². The molecule has 0 heterocycles. The number of nitrogens with one attached hydrogen (secondary N) is 1. The van der Waals surface area contributed by atoms with Crippen molar-refractivity contribution in [3.8, 4) is 0 Å². The van der Waals surface area contributed by atoms with Crippen molar-refractivity contribution in [3.05, 3.63) is 0 Å². The molecule has 10 heavy (non-hydrogen) atoms. The second kappa shape index (κ2) is 3.01. The SMILES string of the molecule is COC(=N)C(OC)C1CC1. The van der Waals surface area contributed by atoms with Crippen LogP contribution in [-0.2, 0) is 9.47 Å². The molecule has 1 unspecified atom stereocenters. The van der Waals surface area contributed by atoms with Crippen LogP contribution in [0.2, 0.25) is 0 Å². The topological polar surface area (TPSA) is 42.3 Å². The highest BCUT2D eigenvalue weighted by molar-refractivity contribution is 5.78. The van der Waals surface area contributed by atoms with Crippen molar-refractivity contribution in [2.75, 3.05) is 14.2 Å². The molecule has 1 rings (SSSR count). The molecular formula is C7H13NO2. The Bertz CT molecular complexity index is 132. The monoisotopic (exact) mass is 143 g/mol. The molecule has 0 aromatic heterocycles. The Labute approximate surface area is 60.8 Å². The van der Waals surface area contributed by atoms with Crippen molar-refractivity contribution in [3.63, 3.8) is 0 Å². The Hall–Kier alpha value is -0.570. The lowest BCUT2D eigenvalue weighted by molar-refractivity contribution is 0.116. The second-order valence-electron chi connectivity index (χ2n) is 2.56. The maximum absolute atomic E-state index is 7.32. The zero-order chi connectivity index (χ0) is 7.56. The Morgan fingerprint density at radius 1 is 1.50 bits per heavy atom. The summed E-state index contributed by atoms with van der Waals surface area (Å²) in [5.41, 5.74) is 0. The Balaban J connectivity index is 2.38. The molecular weight excluding hydrogens is 130 g/mol. The molecule has 58 valence electrons. The van der Waals surface area contributed by atoms with Gasteiger partial charge in [0.2, 0.25) is 5.90 Å². The largest absolute Gasteiger partial charge is 0.483 e. The fourth-order valence-corrected chi connectivity index (χ4v) is 1.03. The third-order valence-corrected chi connectivity index (χ3v) is 1.78. The minimum absolute atomic E-state index is 0.0926. The normalized spacial score (nSPS) is 20.2.